The normalized spacial score (nSPS) is 14.8. The molecular formula is C10H11ClN2O2. The fraction of sp³-hybridized carbons (Fsp3) is 0.400. The first-order chi connectivity index (χ1) is 7.20. The molecule has 1 aromatic rings. The molecule has 1 fully saturated rings. The molecule has 1 aliphatic rings. The molecule has 1 amide bonds. The van der Waals surface area contributed by atoms with Gasteiger partial charge >= 0.3 is 0 Å². The van der Waals surface area contributed by atoms with Gasteiger partial charge in [0.1, 0.15) is 10.7 Å². The van der Waals surface area contributed by atoms with Crippen molar-refractivity contribution in [1.82, 2.24) is 10.3 Å². The standard InChI is InChI=1S/C10H11ClN2O2/c1-15-10-7(4-5-8(11)13-10)9(14)12-6-2-3-6/h4-6H,2-3H2,1H3,(H,12,14). The Bertz CT molecular complexity index is 391. The van der Waals surface area contributed by atoms with Crippen LogP contribution in [0.2, 0.25) is 5.15 Å². The molecule has 0 aromatic carbocycles. The Morgan fingerprint density at radius 3 is 2.93 bits per heavy atom. The van der Waals surface area contributed by atoms with Gasteiger partial charge in [-0.25, -0.2) is 4.98 Å². The lowest BCUT2D eigenvalue weighted by Crippen LogP contribution is -2.26. The van der Waals surface area contributed by atoms with Crippen LogP contribution in [-0.2, 0) is 0 Å². The number of pyridine rings is 1. The van der Waals surface area contributed by atoms with Crippen molar-refractivity contribution in [3.8, 4) is 5.88 Å². The third kappa shape index (κ3) is 2.39. The predicted octanol–water partition coefficient (Wildman–Crippen LogP) is 1.64. The maximum absolute atomic E-state index is 11.7. The number of nitrogens with zero attached hydrogens (tertiary/aromatic N) is 1. The van der Waals surface area contributed by atoms with E-state index in [4.69, 9.17) is 16.3 Å². The van der Waals surface area contributed by atoms with Gasteiger partial charge in [0.05, 0.1) is 7.11 Å². The first-order valence-corrected chi connectivity index (χ1v) is 5.10. The number of hydrogen-bond acceptors (Lipinski definition) is 3. The van der Waals surface area contributed by atoms with Crippen LogP contribution in [0, 0.1) is 0 Å². The first-order valence-electron chi connectivity index (χ1n) is 4.72. The summed E-state index contributed by atoms with van der Waals surface area (Å²) in [6, 6.07) is 3.51. The Hall–Kier alpha value is -1.29. The van der Waals surface area contributed by atoms with E-state index in [9.17, 15) is 4.79 Å². The molecule has 1 aliphatic carbocycles. The maximum Gasteiger partial charge on any atom is 0.256 e. The minimum atomic E-state index is -0.154. The number of rotatable bonds is 3. The van der Waals surface area contributed by atoms with Crippen molar-refractivity contribution in [3.05, 3.63) is 22.8 Å². The summed E-state index contributed by atoms with van der Waals surface area (Å²) >= 11 is 5.70. The van der Waals surface area contributed by atoms with Gasteiger partial charge in [-0.15, -0.1) is 0 Å². The number of hydrogen-bond donors (Lipinski definition) is 1. The van der Waals surface area contributed by atoms with E-state index < -0.39 is 0 Å². The first kappa shape index (κ1) is 10.2. The van der Waals surface area contributed by atoms with Crippen molar-refractivity contribution < 1.29 is 9.53 Å². The highest BCUT2D eigenvalue weighted by Gasteiger charge is 2.25. The zero-order valence-corrected chi connectivity index (χ0v) is 9.04. The van der Waals surface area contributed by atoms with Gasteiger partial charge in [0.15, 0.2) is 0 Å². The predicted molar refractivity (Wildman–Crippen MR) is 56.3 cm³/mol. The molecule has 1 saturated carbocycles. The van der Waals surface area contributed by atoms with Gasteiger partial charge in [0, 0.05) is 6.04 Å². The molecular weight excluding hydrogens is 216 g/mol. The summed E-state index contributed by atoms with van der Waals surface area (Å²) in [5.74, 6) is 0.110. The second kappa shape index (κ2) is 4.06. The van der Waals surface area contributed by atoms with Gasteiger partial charge in [0.25, 0.3) is 5.91 Å². The molecule has 5 heteroatoms. The van der Waals surface area contributed by atoms with E-state index >= 15 is 0 Å². The molecule has 0 bridgehead atoms. The van der Waals surface area contributed by atoms with E-state index in [1.807, 2.05) is 0 Å². The lowest BCUT2D eigenvalue weighted by atomic mass is 10.2. The van der Waals surface area contributed by atoms with E-state index in [1.165, 1.54) is 7.11 Å². The van der Waals surface area contributed by atoms with Crippen molar-refractivity contribution in [2.75, 3.05) is 7.11 Å². The van der Waals surface area contributed by atoms with Crippen molar-refractivity contribution in [2.24, 2.45) is 0 Å². The monoisotopic (exact) mass is 226 g/mol. The topological polar surface area (TPSA) is 51.2 Å². The van der Waals surface area contributed by atoms with Crippen LogP contribution in [0.1, 0.15) is 23.2 Å². The van der Waals surface area contributed by atoms with Crippen molar-refractivity contribution in [3.63, 3.8) is 0 Å². The Morgan fingerprint density at radius 1 is 1.60 bits per heavy atom. The van der Waals surface area contributed by atoms with Gasteiger partial charge in [-0.3, -0.25) is 4.79 Å². The largest absolute Gasteiger partial charge is 0.480 e. The van der Waals surface area contributed by atoms with E-state index in [2.05, 4.69) is 10.3 Å². The minimum absolute atomic E-state index is 0.154. The molecule has 0 aliphatic heterocycles. The minimum Gasteiger partial charge on any atom is -0.480 e. The molecule has 0 radical (unpaired) electrons. The van der Waals surface area contributed by atoms with Crippen LogP contribution in [0.4, 0.5) is 0 Å². The number of methoxy groups -OCH3 is 1. The van der Waals surface area contributed by atoms with Gasteiger partial charge < -0.3 is 10.1 Å². The van der Waals surface area contributed by atoms with E-state index in [1.54, 1.807) is 12.1 Å². The average molecular weight is 227 g/mol. The fourth-order valence-electron chi connectivity index (χ4n) is 1.24. The number of aromatic nitrogens is 1. The summed E-state index contributed by atoms with van der Waals surface area (Å²) in [4.78, 5) is 15.6. The summed E-state index contributed by atoms with van der Waals surface area (Å²) in [6.07, 6.45) is 2.10. The second-order valence-corrected chi connectivity index (χ2v) is 3.83. The van der Waals surface area contributed by atoms with E-state index in [0.717, 1.165) is 12.8 Å². The Labute approximate surface area is 92.6 Å². The van der Waals surface area contributed by atoms with Crippen LogP contribution in [0.25, 0.3) is 0 Å². The highest BCUT2D eigenvalue weighted by atomic mass is 35.5. The van der Waals surface area contributed by atoms with Gasteiger partial charge in [0.2, 0.25) is 5.88 Å². The summed E-state index contributed by atoms with van der Waals surface area (Å²) in [6.45, 7) is 0. The van der Waals surface area contributed by atoms with Crippen LogP contribution in [-0.4, -0.2) is 24.0 Å². The van der Waals surface area contributed by atoms with Crippen LogP contribution >= 0.6 is 11.6 Å². The van der Waals surface area contributed by atoms with Crippen molar-refractivity contribution >= 4 is 17.5 Å². The Balaban J connectivity index is 2.21. The highest BCUT2D eigenvalue weighted by molar-refractivity contribution is 6.29. The molecule has 0 unspecified atom stereocenters. The van der Waals surface area contributed by atoms with Gasteiger partial charge in [-0.2, -0.15) is 0 Å². The van der Waals surface area contributed by atoms with Crippen molar-refractivity contribution in [1.29, 1.82) is 0 Å². The Morgan fingerprint density at radius 2 is 2.33 bits per heavy atom. The smallest absolute Gasteiger partial charge is 0.256 e. The zero-order chi connectivity index (χ0) is 10.8. The lowest BCUT2D eigenvalue weighted by Gasteiger charge is -2.07. The summed E-state index contributed by atoms with van der Waals surface area (Å²) < 4.78 is 4.99. The number of carbonyl (C=O) groups is 1. The number of nitrogens with one attached hydrogen (secondary N) is 1. The molecule has 1 heterocycles. The molecule has 1 N–H and O–H groups in total. The molecule has 0 atom stereocenters. The molecule has 4 nitrogen and oxygen atoms in total. The number of halogens is 1. The van der Waals surface area contributed by atoms with E-state index in [-0.39, 0.29) is 11.8 Å². The van der Waals surface area contributed by atoms with Crippen LogP contribution in [0.5, 0.6) is 5.88 Å². The molecule has 0 saturated heterocycles. The molecule has 2 rings (SSSR count). The van der Waals surface area contributed by atoms with Crippen molar-refractivity contribution in [2.45, 2.75) is 18.9 Å². The number of ether oxygens (including phenoxy) is 1. The second-order valence-electron chi connectivity index (χ2n) is 3.44. The molecule has 1 aromatic heterocycles. The maximum atomic E-state index is 11.7. The zero-order valence-electron chi connectivity index (χ0n) is 8.29. The SMILES string of the molecule is COc1nc(Cl)ccc1C(=O)NC1CC1. The average Bonchev–Trinajstić information content (AvgIpc) is 3.01. The molecule has 80 valence electrons. The lowest BCUT2D eigenvalue weighted by molar-refractivity contribution is 0.0947. The third-order valence-corrected chi connectivity index (χ3v) is 2.39. The van der Waals surface area contributed by atoms with Crippen LogP contribution in [0.3, 0.4) is 0 Å². The van der Waals surface area contributed by atoms with Crippen LogP contribution in [0.15, 0.2) is 12.1 Å². The summed E-state index contributed by atoms with van der Waals surface area (Å²) in [7, 11) is 1.46. The van der Waals surface area contributed by atoms with Gasteiger partial charge in [-0.05, 0) is 25.0 Å². The summed E-state index contributed by atoms with van der Waals surface area (Å²) in [5, 5.41) is 3.18. The molecule has 0 spiro atoms. The number of amides is 1. The number of carbonyl (C=O) groups excluding carboxylic acids is 1. The Kier molecular flexibility index (Phi) is 2.77. The fourth-order valence-corrected chi connectivity index (χ4v) is 1.38. The highest BCUT2D eigenvalue weighted by Crippen LogP contribution is 2.22. The quantitative estimate of drug-likeness (QED) is 0.798. The van der Waals surface area contributed by atoms with Gasteiger partial charge in [-0.1, -0.05) is 11.6 Å². The van der Waals surface area contributed by atoms with Crippen LogP contribution < -0.4 is 10.1 Å². The van der Waals surface area contributed by atoms with E-state index in [0.29, 0.717) is 16.8 Å². The molecule has 15 heavy (non-hydrogen) atoms. The summed E-state index contributed by atoms with van der Waals surface area (Å²) in [5.41, 5.74) is 0.425. The third-order valence-electron chi connectivity index (χ3n) is 2.18.